The number of aromatic nitrogens is 2. The Hall–Kier alpha value is -2.18. The number of rotatable bonds is 3. The molecule has 0 spiro atoms. The summed E-state index contributed by atoms with van der Waals surface area (Å²) in [6.07, 6.45) is 0. The van der Waals surface area contributed by atoms with Gasteiger partial charge >= 0.3 is 6.01 Å². The molecule has 3 aromatic rings. The topological polar surface area (TPSA) is 68.0 Å². The molecule has 0 aliphatic rings. The van der Waals surface area contributed by atoms with Gasteiger partial charge in [-0.3, -0.25) is 10.1 Å². The standard InChI is InChI=1S/C15H12ClN3O2S/c1-8-3-4-10(7-9(8)2)14-18-19-15(21-14)17-13(20)11-5-6-12(16)22-11/h3-7H,1-2H3,(H,17,19,20). The third-order valence-corrected chi connectivity index (χ3v) is 4.43. The monoisotopic (exact) mass is 333 g/mol. The maximum atomic E-state index is 12.0. The van der Waals surface area contributed by atoms with Gasteiger partial charge in [0.1, 0.15) is 0 Å². The average molecular weight is 334 g/mol. The summed E-state index contributed by atoms with van der Waals surface area (Å²) in [4.78, 5) is 12.5. The number of thiophene rings is 1. The van der Waals surface area contributed by atoms with Crippen molar-refractivity contribution in [1.82, 2.24) is 10.2 Å². The quantitative estimate of drug-likeness (QED) is 0.775. The zero-order valence-electron chi connectivity index (χ0n) is 11.9. The average Bonchev–Trinajstić information content (AvgIpc) is 3.11. The number of hydrogen-bond donors (Lipinski definition) is 1. The van der Waals surface area contributed by atoms with Gasteiger partial charge in [0.05, 0.1) is 9.21 Å². The van der Waals surface area contributed by atoms with E-state index in [0.29, 0.717) is 15.1 Å². The Morgan fingerprint density at radius 1 is 1.18 bits per heavy atom. The van der Waals surface area contributed by atoms with Crippen LogP contribution < -0.4 is 5.32 Å². The van der Waals surface area contributed by atoms with Crippen LogP contribution >= 0.6 is 22.9 Å². The van der Waals surface area contributed by atoms with Crippen molar-refractivity contribution in [3.8, 4) is 11.5 Å². The highest BCUT2D eigenvalue weighted by Gasteiger charge is 2.14. The van der Waals surface area contributed by atoms with Crippen LogP contribution in [0.2, 0.25) is 4.34 Å². The van der Waals surface area contributed by atoms with E-state index in [9.17, 15) is 4.79 Å². The number of nitrogens with zero attached hydrogens (tertiary/aromatic N) is 2. The van der Waals surface area contributed by atoms with E-state index in [1.165, 1.54) is 16.9 Å². The van der Waals surface area contributed by atoms with E-state index in [2.05, 4.69) is 15.5 Å². The number of halogens is 1. The summed E-state index contributed by atoms with van der Waals surface area (Å²) < 4.78 is 6.03. The molecule has 3 rings (SSSR count). The van der Waals surface area contributed by atoms with E-state index in [-0.39, 0.29) is 11.9 Å². The molecule has 0 atom stereocenters. The summed E-state index contributed by atoms with van der Waals surface area (Å²) in [6, 6.07) is 9.22. The van der Waals surface area contributed by atoms with E-state index in [4.69, 9.17) is 16.0 Å². The van der Waals surface area contributed by atoms with Crippen molar-refractivity contribution in [2.45, 2.75) is 13.8 Å². The Morgan fingerprint density at radius 3 is 2.68 bits per heavy atom. The molecule has 22 heavy (non-hydrogen) atoms. The number of anilines is 1. The Bertz CT molecular complexity index is 841. The molecule has 0 saturated heterocycles. The minimum Gasteiger partial charge on any atom is -0.403 e. The van der Waals surface area contributed by atoms with Gasteiger partial charge in [-0.2, -0.15) is 0 Å². The van der Waals surface area contributed by atoms with Crippen molar-refractivity contribution in [2.75, 3.05) is 5.32 Å². The molecule has 1 aromatic carbocycles. The molecular weight excluding hydrogens is 322 g/mol. The molecule has 7 heteroatoms. The first kappa shape index (κ1) is 14.7. The third kappa shape index (κ3) is 3.03. The maximum absolute atomic E-state index is 12.0. The second-order valence-electron chi connectivity index (χ2n) is 4.77. The molecule has 0 aliphatic carbocycles. The summed E-state index contributed by atoms with van der Waals surface area (Å²) in [5.74, 6) is 0.0369. The number of carbonyl (C=O) groups is 1. The van der Waals surface area contributed by atoms with Crippen LogP contribution in [-0.4, -0.2) is 16.1 Å². The van der Waals surface area contributed by atoms with Gasteiger partial charge < -0.3 is 4.42 Å². The van der Waals surface area contributed by atoms with Crippen LogP contribution in [0.25, 0.3) is 11.5 Å². The molecule has 0 bridgehead atoms. The smallest absolute Gasteiger partial charge is 0.322 e. The molecule has 2 aromatic heterocycles. The lowest BCUT2D eigenvalue weighted by molar-refractivity contribution is 0.102. The number of amides is 1. The third-order valence-electron chi connectivity index (χ3n) is 3.20. The molecule has 1 amide bonds. The second kappa shape index (κ2) is 5.90. The lowest BCUT2D eigenvalue weighted by atomic mass is 10.1. The molecule has 0 aliphatic heterocycles. The predicted octanol–water partition coefficient (Wildman–Crippen LogP) is 4.32. The first-order valence-corrected chi connectivity index (χ1v) is 7.70. The summed E-state index contributed by atoms with van der Waals surface area (Å²) in [7, 11) is 0. The molecular formula is C15H12ClN3O2S. The lowest BCUT2D eigenvalue weighted by Gasteiger charge is -2.01. The minimum atomic E-state index is -0.327. The molecule has 0 saturated carbocycles. The first-order valence-electron chi connectivity index (χ1n) is 6.51. The Balaban J connectivity index is 1.78. The van der Waals surface area contributed by atoms with E-state index >= 15 is 0 Å². The van der Waals surface area contributed by atoms with Gasteiger partial charge in [-0.05, 0) is 49.2 Å². The van der Waals surface area contributed by atoms with E-state index in [1.54, 1.807) is 12.1 Å². The van der Waals surface area contributed by atoms with Gasteiger partial charge in [0.15, 0.2) is 0 Å². The van der Waals surface area contributed by atoms with E-state index in [0.717, 1.165) is 11.1 Å². The molecule has 0 fully saturated rings. The van der Waals surface area contributed by atoms with Crippen LogP contribution in [0.15, 0.2) is 34.7 Å². The van der Waals surface area contributed by atoms with Gasteiger partial charge in [-0.25, -0.2) is 0 Å². The zero-order valence-corrected chi connectivity index (χ0v) is 13.5. The summed E-state index contributed by atoms with van der Waals surface area (Å²) in [5.41, 5.74) is 3.14. The summed E-state index contributed by atoms with van der Waals surface area (Å²) >= 11 is 6.99. The van der Waals surface area contributed by atoms with E-state index < -0.39 is 0 Å². The van der Waals surface area contributed by atoms with Gasteiger partial charge in [-0.15, -0.1) is 16.4 Å². The van der Waals surface area contributed by atoms with Crippen molar-refractivity contribution in [3.05, 3.63) is 50.7 Å². The predicted molar refractivity (Wildman–Crippen MR) is 86.5 cm³/mol. The van der Waals surface area contributed by atoms with Crippen LogP contribution in [-0.2, 0) is 0 Å². The number of carbonyl (C=O) groups excluding carboxylic acids is 1. The zero-order chi connectivity index (χ0) is 15.7. The Labute approximate surface area is 135 Å². The normalized spacial score (nSPS) is 10.7. The molecule has 0 radical (unpaired) electrons. The van der Waals surface area contributed by atoms with Crippen LogP contribution in [0.5, 0.6) is 0 Å². The highest BCUT2D eigenvalue weighted by atomic mass is 35.5. The second-order valence-corrected chi connectivity index (χ2v) is 6.48. The fourth-order valence-corrected chi connectivity index (χ4v) is 2.80. The van der Waals surface area contributed by atoms with E-state index in [1.807, 2.05) is 32.0 Å². The van der Waals surface area contributed by atoms with Crippen molar-refractivity contribution < 1.29 is 9.21 Å². The van der Waals surface area contributed by atoms with Crippen LogP contribution in [0.1, 0.15) is 20.8 Å². The summed E-state index contributed by atoms with van der Waals surface area (Å²) in [6.45, 7) is 4.04. The number of nitrogens with one attached hydrogen (secondary N) is 1. The molecule has 5 nitrogen and oxygen atoms in total. The number of aryl methyl sites for hydroxylation is 2. The lowest BCUT2D eigenvalue weighted by Crippen LogP contribution is -2.10. The van der Waals surface area contributed by atoms with Crippen LogP contribution in [0, 0.1) is 13.8 Å². The highest BCUT2D eigenvalue weighted by molar-refractivity contribution is 7.18. The Morgan fingerprint density at radius 2 is 2.00 bits per heavy atom. The fourth-order valence-electron chi connectivity index (χ4n) is 1.86. The first-order chi connectivity index (χ1) is 10.5. The van der Waals surface area contributed by atoms with Gasteiger partial charge in [0, 0.05) is 5.56 Å². The van der Waals surface area contributed by atoms with Gasteiger partial charge in [0.2, 0.25) is 5.89 Å². The fraction of sp³-hybridized carbons (Fsp3) is 0.133. The van der Waals surface area contributed by atoms with Crippen LogP contribution in [0.3, 0.4) is 0 Å². The molecule has 0 unspecified atom stereocenters. The van der Waals surface area contributed by atoms with Crippen molar-refractivity contribution in [3.63, 3.8) is 0 Å². The SMILES string of the molecule is Cc1ccc(-c2nnc(NC(=O)c3ccc(Cl)s3)o2)cc1C. The largest absolute Gasteiger partial charge is 0.403 e. The van der Waals surface area contributed by atoms with Crippen LogP contribution in [0.4, 0.5) is 6.01 Å². The maximum Gasteiger partial charge on any atom is 0.322 e. The number of benzene rings is 1. The molecule has 1 N–H and O–H groups in total. The minimum absolute atomic E-state index is 0.0581. The van der Waals surface area contributed by atoms with Crippen molar-refractivity contribution in [1.29, 1.82) is 0 Å². The molecule has 2 heterocycles. The van der Waals surface area contributed by atoms with Crippen molar-refractivity contribution in [2.24, 2.45) is 0 Å². The van der Waals surface area contributed by atoms with Gasteiger partial charge in [0.25, 0.3) is 5.91 Å². The molecule has 112 valence electrons. The van der Waals surface area contributed by atoms with Crippen molar-refractivity contribution >= 4 is 34.9 Å². The number of hydrogen-bond acceptors (Lipinski definition) is 5. The summed E-state index contributed by atoms with van der Waals surface area (Å²) in [5, 5.41) is 10.4. The Kier molecular flexibility index (Phi) is 3.96. The highest BCUT2D eigenvalue weighted by Crippen LogP contribution is 2.24. The van der Waals surface area contributed by atoms with Gasteiger partial charge in [-0.1, -0.05) is 22.8 Å².